The molecule has 7 nitrogen and oxygen atoms in total. The van der Waals surface area contributed by atoms with Crippen molar-refractivity contribution < 1.29 is 28.8 Å². The molecule has 0 aliphatic carbocycles. The molecule has 1 aliphatic rings. The van der Waals surface area contributed by atoms with Crippen molar-refractivity contribution in [3.8, 4) is 23.0 Å². The van der Waals surface area contributed by atoms with Crippen LogP contribution in [0.2, 0.25) is 0 Å². The number of methoxy groups -OCH3 is 3. The van der Waals surface area contributed by atoms with Gasteiger partial charge in [-0.1, -0.05) is 12.1 Å². The van der Waals surface area contributed by atoms with Gasteiger partial charge in [0.25, 0.3) is 0 Å². The highest BCUT2D eigenvalue weighted by atomic mass is 16.5. The van der Waals surface area contributed by atoms with Crippen LogP contribution in [-0.2, 0) is 22.5 Å². The highest BCUT2D eigenvalue weighted by molar-refractivity contribution is 5.56. The molecule has 0 bridgehead atoms. The monoisotopic (exact) mass is 387 g/mol. The number of hydrogen-bond donors (Lipinski definition) is 1. The van der Waals surface area contributed by atoms with Gasteiger partial charge >= 0.3 is 0 Å². The molecule has 150 valence electrons. The first kappa shape index (κ1) is 20.0. The third kappa shape index (κ3) is 4.21. The Kier molecular flexibility index (Phi) is 6.38. The van der Waals surface area contributed by atoms with Gasteiger partial charge in [0.15, 0.2) is 35.5 Å². The van der Waals surface area contributed by atoms with E-state index in [0.29, 0.717) is 36.8 Å². The standard InChI is InChI=1S/C21H25NO6/c1-25-18-6-5-15(9-17(18)24)11-22-16(13-28-21(22)12-23)8-14-4-7-19(26-2)20(10-14)27-3/h4-7,9-10,12,16,21,24H,8,11,13H2,1-3H3/t16-,21?/m0/s1. The van der Waals surface area contributed by atoms with Crippen LogP contribution in [0.5, 0.6) is 23.0 Å². The molecule has 1 fully saturated rings. The highest BCUT2D eigenvalue weighted by Gasteiger charge is 2.34. The Labute approximate surface area is 164 Å². The average molecular weight is 387 g/mol. The van der Waals surface area contributed by atoms with Crippen LogP contribution in [0.4, 0.5) is 0 Å². The first-order valence-corrected chi connectivity index (χ1v) is 8.99. The largest absolute Gasteiger partial charge is 0.504 e. The lowest BCUT2D eigenvalue weighted by Crippen LogP contribution is -2.38. The Balaban J connectivity index is 1.78. The molecule has 28 heavy (non-hydrogen) atoms. The smallest absolute Gasteiger partial charge is 0.167 e. The van der Waals surface area contributed by atoms with Gasteiger partial charge in [0.05, 0.1) is 27.9 Å². The molecule has 1 heterocycles. The van der Waals surface area contributed by atoms with E-state index >= 15 is 0 Å². The van der Waals surface area contributed by atoms with Gasteiger partial charge in [0.2, 0.25) is 0 Å². The van der Waals surface area contributed by atoms with Crippen molar-refractivity contribution in [3.63, 3.8) is 0 Å². The van der Waals surface area contributed by atoms with Crippen LogP contribution in [0.3, 0.4) is 0 Å². The Hall–Kier alpha value is -2.77. The van der Waals surface area contributed by atoms with Crippen molar-refractivity contribution in [3.05, 3.63) is 47.5 Å². The number of phenolic OH excluding ortho intramolecular Hbond substituents is 1. The maximum atomic E-state index is 11.5. The number of aldehydes is 1. The molecule has 0 radical (unpaired) electrons. The zero-order valence-electron chi connectivity index (χ0n) is 16.3. The number of nitrogens with zero attached hydrogens (tertiary/aromatic N) is 1. The number of ether oxygens (including phenoxy) is 4. The van der Waals surface area contributed by atoms with Gasteiger partial charge in [0.1, 0.15) is 0 Å². The number of carbonyl (C=O) groups excluding carboxylic acids is 1. The third-order valence-corrected chi connectivity index (χ3v) is 4.90. The van der Waals surface area contributed by atoms with E-state index in [1.807, 2.05) is 29.2 Å². The van der Waals surface area contributed by atoms with Crippen LogP contribution in [0, 0.1) is 0 Å². The van der Waals surface area contributed by atoms with Crippen LogP contribution >= 0.6 is 0 Å². The summed E-state index contributed by atoms with van der Waals surface area (Å²) < 4.78 is 21.4. The molecule has 0 amide bonds. The zero-order chi connectivity index (χ0) is 20.1. The predicted octanol–water partition coefficient (Wildman–Crippen LogP) is 2.39. The fourth-order valence-corrected chi connectivity index (χ4v) is 3.45. The minimum absolute atomic E-state index is 0.0116. The van der Waals surface area contributed by atoms with Crippen molar-refractivity contribution in [1.82, 2.24) is 4.90 Å². The van der Waals surface area contributed by atoms with E-state index in [-0.39, 0.29) is 11.8 Å². The molecule has 2 aromatic rings. The molecule has 2 atom stereocenters. The van der Waals surface area contributed by atoms with Gasteiger partial charge in [0, 0.05) is 12.6 Å². The quantitative estimate of drug-likeness (QED) is 0.697. The van der Waals surface area contributed by atoms with Crippen LogP contribution in [0.25, 0.3) is 0 Å². The summed E-state index contributed by atoms with van der Waals surface area (Å²) in [7, 11) is 4.71. The number of aromatic hydroxyl groups is 1. The van der Waals surface area contributed by atoms with E-state index in [4.69, 9.17) is 18.9 Å². The molecule has 1 unspecified atom stereocenters. The molecule has 0 saturated carbocycles. The third-order valence-electron chi connectivity index (χ3n) is 4.90. The van der Waals surface area contributed by atoms with Crippen molar-refractivity contribution >= 4 is 6.29 Å². The molecule has 1 aliphatic heterocycles. The number of carbonyl (C=O) groups is 1. The maximum absolute atomic E-state index is 11.5. The second-order valence-electron chi connectivity index (χ2n) is 6.59. The van der Waals surface area contributed by atoms with Gasteiger partial charge in [-0.15, -0.1) is 0 Å². The first-order chi connectivity index (χ1) is 13.6. The number of benzene rings is 2. The van der Waals surface area contributed by atoms with E-state index in [1.165, 1.54) is 7.11 Å². The van der Waals surface area contributed by atoms with E-state index in [0.717, 1.165) is 17.4 Å². The Bertz CT molecular complexity index is 825. The Morgan fingerprint density at radius 3 is 2.36 bits per heavy atom. The van der Waals surface area contributed by atoms with Gasteiger partial charge in [-0.25, -0.2) is 0 Å². The SMILES string of the molecule is COc1ccc(CN2C(C=O)OC[C@@H]2Cc2ccc(OC)c(OC)c2)cc1O. The molecule has 0 aromatic heterocycles. The Morgan fingerprint density at radius 1 is 1.04 bits per heavy atom. The topological polar surface area (TPSA) is 77.5 Å². The maximum Gasteiger partial charge on any atom is 0.167 e. The van der Waals surface area contributed by atoms with E-state index in [1.54, 1.807) is 26.4 Å². The highest BCUT2D eigenvalue weighted by Crippen LogP contribution is 2.31. The first-order valence-electron chi connectivity index (χ1n) is 8.99. The molecule has 0 spiro atoms. The summed E-state index contributed by atoms with van der Waals surface area (Å²) in [5, 5.41) is 10.0. The van der Waals surface area contributed by atoms with Crippen LogP contribution in [0.1, 0.15) is 11.1 Å². The molecule has 3 rings (SSSR count). The minimum atomic E-state index is -0.616. The van der Waals surface area contributed by atoms with E-state index in [9.17, 15) is 9.90 Å². The Morgan fingerprint density at radius 2 is 1.71 bits per heavy atom. The second kappa shape index (κ2) is 8.95. The molecule has 1 saturated heterocycles. The van der Waals surface area contributed by atoms with Crippen LogP contribution in [-0.4, -0.2) is 56.5 Å². The lowest BCUT2D eigenvalue weighted by molar-refractivity contribution is -0.122. The number of phenols is 1. The lowest BCUT2D eigenvalue weighted by Gasteiger charge is -2.26. The summed E-state index contributed by atoms with van der Waals surface area (Å²) in [5.74, 6) is 1.82. The van der Waals surface area contributed by atoms with E-state index in [2.05, 4.69) is 0 Å². The summed E-state index contributed by atoms with van der Waals surface area (Å²) in [5.41, 5.74) is 1.92. The summed E-state index contributed by atoms with van der Waals surface area (Å²) in [6.07, 6.45) is 0.875. The average Bonchev–Trinajstić information content (AvgIpc) is 3.09. The summed E-state index contributed by atoms with van der Waals surface area (Å²) in [4.78, 5) is 13.5. The molecular formula is C21H25NO6. The predicted molar refractivity (Wildman–Crippen MR) is 103 cm³/mol. The van der Waals surface area contributed by atoms with Crippen LogP contribution in [0.15, 0.2) is 36.4 Å². The minimum Gasteiger partial charge on any atom is -0.504 e. The summed E-state index contributed by atoms with van der Waals surface area (Å²) >= 11 is 0. The van der Waals surface area contributed by atoms with E-state index < -0.39 is 6.23 Å². The summed E-state index contributed by atoms with van der Waals surface area (Å²) in [6.45, 7) is 0.915. The second-order valence-corrected chi connectivity index (χ2v) is 6.59. The normalized spacial score (nSPS) is 19.4. The van der Waals surface area contributed by atoms with Gasteiger partial charge < -0.3 is 24.1 Å². The lowest BCUT2D eigenvalue weighted by atomic mass is 10.0. The van der Waals surface area contributed by atoms with Gasteiger partial charge in [-0.3, -0.25) is 9.69 Å². The number of rotatable bonds is 8. The molecule has 1 N–H and O–H groups in total. The molecular weight excluding hydrogens is 362 g/mol. The van der Waals surface area contributed by atoms with Gasteiger partial charge in [-0.2, -0.15) is 0 Å². The molecule has 2 aromatic carbocycles. The van der Waals surface area contributed by atoms with Crippen molar-refractivity contribution in [2.75, 3.05) is 27.9 Å². The van der Waals surface area contributed by atoms with Crippen LogP contribution < -0.4 is 14.2 Å². The van der Waals surface area contributed by atoms with Crippen molar-refractivity contribution in [2.45, 2.75) is 25.2 Å². The molecule has 7 heteroatoms. The summed E-state index contributed by atoms with van der Waals surface area (Å²) in [6, 6.07) is 11.0. The fourth-order valence-electron chi connectivity index (χ4n) is 3.45. The van der Waals surface area contributed by atoms with Crippen molar-refractivity contribution in [1.29, 1.82) is 0 Å². The van der Waals surface area contributed by atoms with Crippen molar-refractivity contribution in [2.24, 2.45) is 0 Å². The number of hydrogen-bond acceptors (Lipinski definition) is 7. The van der Waals surface area contributed by atoms with Gasteiger partial charge in [-0.05, 0) is 41.8 Å². The fraction of sp³-hybridized carbons (Fsp3) is 0.381. The zero-order valence-corrected chi connectivity index (χ0v) is 16.3.